The Labute approximate surface area is 152 Å². The Morgan fingerprint density at radius 1 is 0.808 bits per heavy atom. The first-order valence-electron chi connectivity index (χ1n) is 8.46. The second-order valence-electron chi connectivity index (χ2n) is 6.04. The molecule has 0 saturated carbocycles. The lowest BCUT2D eigenvalue weighted by Gasteiger charge is -2.09. The standard InChI is InChI=1S/C22H18N4/c1-16-10-13-20-21(25-16)23-15-24-22(20)26-19-9-5-8-18(14-19)12-11-17-6-3-2-4-7-17/h2-15H,1H3,(H,23,24,25,26). The summed E-state index contributed by atoms with van der Waals surface area (Å²) >= 11 is 0. The van der Waals surface area contributed by atoms with Gasteiger partial charge in [-0.25, -0.2) is 15.0 Å². The lowest BCUT2D eigenvalue weighted by Crippen LogP contribution is -1.97. The maximum atomic E-state index is 4.46. The minimum absolute atomic E-state index is 0.697. The molecule has 4 heteroatoms. The fraction of sp³-hybridized carbons (Fsp3) is 0.0455. The van der Waals surface area contributed by atoms with Crippen LogP contribution in [0.2, 0.25) is 0 Å². The van der Waals surface area contributed by atoms with Crippen molar-refractivity contribution in [1.29, 1.82) is 0 Å². The fourth-order valence-electron chi connectivity index (χ4n) is 2.75. The lowest BCUT2D eigenvalue weighted by atomic mass is 10.1. The van der Waals surface area contributed by atoms with Gasteiger partial charge in [-0.1, -0.05) is 54.6 Å². The molecule has 4 nitrogen and oxygen atoms in total. The monoisotopic (exact) mass is 338 g/mol. The summed E-state index contributed by atoms with van der Waals surface area (Å²) in [5.41, 5.74) is 4.90. The lowest BCUT2D eigenvalue weighted by molar-refractivity contribution is 1.15. The minimum Gasteiger partial charge on any atom is -0.340 e. The van der Waals surface area contributed by atoms with E-state index in [0.29, 0.717) is 5.65 Å². The van der Waals surface area contributed by atoms with Crippen molar-refractivity contribution in [2.45, 2.75) is 6.92 Å². The minimum atomic E-state index is 0.697. The predicted molar refractivity (Wildman–Crippen MR) is 107 cm³/mol. The summed E-state index contributed by atoms with van der Waals surface area (Å²) in [5, 5.41) is 4.29. The summed E-state index contributed by atoms with van der Waals surface area (Å²) in [4.78, 5) is 13.1. The van der Waals surface area contributed by atoms with Crippen molar-refractivity contribution in [3.05, 3.63) is 89.9 Å². The molecule has 2 heterocycles. The third-order valence-corrected chi connectivity index (χ3v) is 4.05. The van der Waals surface area contributed by atoms with Crippen LogP contribution in [0.15, 0.2) is 73.1 Å². The molecule has 1 N–H and O–H groups in total. The Hall–Kier alpha value is -3.53. The van der Waals surface area contributed by atoms with Crippen molar-refractivity contribution < 1.29 is 0 Å². The van der Waals surface area contributed by atoms with Crippen LogP contribution in [0, 0.1) is 6.92 Å². The Balaban J connectivity index is 1.61. The number of hydrogen-bond donors (Lipinski definition) is 1. The highest BCUT2D eigenvalue weighted by Gasteiger charge is 2.05. The number of aryl methyl sites for hydroxylation is 1. The molecular weight excluding hydrogens is 320 g/mol. The van der Waals surface area contributed by atoms with Crippen LogP contribution in [-0.2, 0) is 0 Å². The second-order valence-corrected chi connectivity index (χ2v) is 6.04. The summed E-state index contributed by atoms with van der Waals surface area (Å²) < 4.78 is 0. The van der Waals surface area contributed by atoms with Gasteiger partial charge in [0.2, 0.25) is 0 Å². The largest absolute Gasteiger partial charge is 0.340 e. The van der Waals surface area contributed by atoms with Gasteiger partial charge in [0.25, 0.3) is 0 Å². The Bertz CT molecular complexity index is 1070. The molecule has 0 saturated heterocycles. The molecule has 0 spiro atoms. The van der Waals surface area contributed by atoms with Gasteiger partial charge in [-0.05, 0) is 42.3 Å². The number of fused-ring (bicyclic) bond motifs is 1. The molecule has 0 aliphatic heterocycles. The van der Waals surface area contributed by atoms with E-state index in [2.05, 4.69) is 56.7 Å². The molecule has 0 fully saturated rings. The van der Waals surface area contributed by atoms with E-state index in [4.69, 9.17) is 0 Å². The molecule has 0 unspecified atom stereocenters. The smallest absolute Gasteiger partial charge is 0.164 e. The summed E-state index contributed by atoms with van der Waals surface area (Å²) in [6.07, 6.45) is 5.74. The van der Waals surface area contributed by atoms with E-state index in [1.54, 1.807) is 0 Å². The van der Waals surface area contributed by atoms with Gasteiger partial charge < -0.3 is 5.32 Å². The van der Waals surface area contributed by atoms with Crippen LogP contribution in [0.25, 0.3) is 23.2 Å². The van der Waals surface area contributed by atoms with Crippen molar-refractivity contribution in [1.82, 2.24) is 15.0 Å². The first-order valence-corrected chi connectivity index (χ1v) is 8.46. The van der Waals surface area contributed by atoms with Gasteiger partial charge >= 0.3 is 0 Å². The van der Waals surface area contributed by atoms with Gasteiger partial charge in [0.15, 0.2) is 5.65 Å². The SMILES string of the molecule is Cc1ccc2c(Nc3cccc(C=Cc4ccccc4)c3)ncnc2n1. The molecular formula is C22H18N4. The van der Waals surface area contributed by atoms with Gasteiger partial charge in [0.1, 0.15) is 12.1 Å². The topological polar surface area (TPSA) is 50.7 Å². The normalized spacial score (nSPS) is 11.1. The third kappa shape index (κ3) is 3.59. The second kappa shape index (κ2) is 7.15. The molecule has 4 aromatic rings. The number of anilines is 2. The molecule has 0 aliphatic carbocycles. The zero-order valence-electron chi connectivity index (χ0n) is 14.4. The van der Waals surface area contributed by atoms with Crippen LogP contribution in [-0.4, -0.2) is 15.0 Å². The van der Waals surface area contributed by atoms with E-state index in [-0.39, 0.29) is 0 Å². The van der Waals surface area contributed by atoms with E-state index >= 15 is 0 Å². The van der Waals surface area contributed by atoms with Gasteiger partial charge in [-0.15, -0.1) is 0 Å². The molecule has 0 atom stereocenters. The fourth-order valence-corrected chi connectivity index (χ4v) is 2.75. The quantitative estimate of drug-likeness (QED) is 0.517. The molecule has 4 rings (SSSR count). The van der Waals surface area contributed by atoms with Crippen molar-refractivity contribution in [2.75, 3.05) is 5.32 Å². The van der Waals surface area contributed by atoms with Crippen molar-refractivity contribution in [2.24, 2.45) is 0 Å². The summed E-state index contributed by atoms with van der Waals surface area (Å²) in [7, 11) is 0. The van der Waals surface area contributed by atoms with E-state index in [9.17, 15) is 0 Å². The predicted octanol–water partition coefficient (Wildman–Crippen LogP) is 5.25. The number of benzene rings is 2. The molecule has 2 aromatic carbocycles. The summed E-state index contributed by atoms with van der Waals surface area (Å²) in [5.74, 6) is 0.756. The summed E-state index contributed by atoms with van der Waals surface area (Å²) in [6.45, 7) is 1.96. The maximum absolute atomic E-state index is 4.46. The van der Waals surface area contributed by atoms with Crippen LogP contribution in [0.1, 0.15) is 16.8 Å². The molecule has 0 aliphatic rings. The van der Waals surface area contributed by atoms with E-state index in [1.165, 1.54) is 11.9 Å². The highest BCUT2D eigenvalue weighted by atomic mass is 15.0. The molecule has 2 aromatic heterocycles. The third-order valence-electron chi connectivity index (χ3n) is 4.05. The number of nitrogens with zero attached hydrogens (tertiary/aromatic N) is 3. The average molecular weight is 338 g/mol. The van der Waals surface area contributed by atoms with Crippen molar-refractivity contribution in [3.8, 4) is 0 Å². The van der Waals surface area contributed by atoms with E-state index in [1.807, 2.05) is 49.4 Å². The average Bonchev–Trinajstić information content (AvgIpc) is 2.67. The van der Waals surface area contributed by atoms with Gasteiger partial charge in [0.05, 0.1) is 5.39 Å². The van der Waals surface area contributed by atoms with Gasteiger partial charge in [-0.3, -0.25) is 0 Å². The highest BCUT2D eigenvalue weighted by molar-refractivity contribution is 5.88. The number of rotatable bonds is 4. The number of nitrogens with one attached hydrogen (secondary N) is 1. The first kappa shape index (κ1) is 16.0. The van der Waals surface area contributed by atoms with E-state index < -0.39 is 0 Å². The zero-order valence-corrected chi connectivity index (χ0v) is 14.4. The molecule has 0 amide bonds. The Kier molecular flexibility index (Phi) is 4.39. The highest BCUT2D eigenvalue weighted by Crippen LogP contribution is 2.23. The Morgan fingerprint density at radius 2 is 1.62 bits per heavy atom. The number of aromatic nitrogens is 3. The van der Waals surface area contributed by atoms with Crippen LogP contribution < -0.4 is 5.32 Å². The van der Waals surface area contributed by atoms with Crippen LogP contribution >= 0.6 is 0 Å². The number of pyridine rings is 1. The maximum Gasteiger partial charge on any atom is 0.164 e. The number of hydrogen-bond acceptors (Lipinski definition) is 4. The molecule has 26 heavy (non-hydrogen) atoms. The molecule has 0 bridgehead atoms. The van der Waals surface area contributed by atoms with Crippen LogP contribution in [0.3, 0.4) is 0 Å². The summed E-state index contributed by atoms with van der Waals surface area (Å²) in [6, 6.07) is 22.4. The zero-order chi connectivity index (χ0) is 17.8. The van der Waals surface area contributed by atoms with Crippen LogP contribution in [0.5, 0.6) is 0 Å². The van der Waals surface area contributed by atoms with E-state index in [0.717, 1.165) is 28.1 Å². The molecule has 0 radical (unpaired) electrons. The van der Waals surface area contributed by atoms with Crippen LogP contribution in [0.4, 0.5) is 11.5 Å². The first-order chi connectivity index (χ1) is 12.8. The Morgan fingerprint density at radius 3 is 2.50 bits per heavy atom. The van der Waals surface area contributed by atoms with Gasteiger partial charge in [-0.2, -0.15) is 0 Å². The molecule has 126 valence electrons. The van der Waals surface area contributed by atoms with Gasteiger partial charge in [0, 0.05) is 11.4 Å². The van der Waals surface area contributed by atoms with Crippen molar-refractivity contribution in [3.63, 3.8) is 0 Å². The van der Waals surface area contributed by atoms with Crippen molar-refractivity contribution >= 4 is 34.7 Å².